The Hall–Kier alpha value is -1.51. The number of hydrogen-bond donors (Lipinski definition) is 0. The molecule has 1 aromatic carbocycles. The lowest BCUT2D eigenvalue weighted by molar-refractivity contribution is 0.412. The zero-order chi connectivity index (χ0) is 12.1. The second-order valence-corrected chi connectivity index (χ2v) is 3.93. The average molecular weight is 220 g/mol. The van der Waals surface area contributed by atoms with Crippen LogP contribution in [-0.4, -0.2) is 31.9 Å². The van der Waals surface area contributed by atoms with E-state index in [9.17, 15) is 0 Å². The lowest BCUT2D eigenvalue weighted by Crippen LogP contribution is -2.14. The first-order valence-electron chi connectivity index (χ1n) is 5.48. The molecule has 1 rings (SSSR count). The first-order chi connectivity index (χ1) is 7.58. The van der Waals surface area contributed by atoms with Gasteiger partial charge in [0.25, 0.3) is 0 Å². The Balaban J connectivity index is 3.00. The Bertz CT molecular complexity index is 386. The molecule has 0 aliphatic heterocycles. The van der Waals surface area contributed by atoms with E-state index in [4.69, 9.17) is 4.74 Å². The molecule has 0 saturated heterocycles. The molecular weight excluding hydrogens is 200 g/mol. The molecule has 0 aromatic heterocycles. The van der Waals surface area contributed by atoms with Crippen molar-refractivity contribution in [3.05, 3.63) is 23.3 Å². The maximum atomic E-state index is 5.29. The van der Waals surface area contributed by atoms with E-state index in [2.05, 4.69) is 24.9 Å². The van der Waals surface area contributed by atoms with Gasteiger partial charge in [0.05, 0.1) is 19.1 Å². The smallest absolute Gasteiger partial charge is 0.123 e. The molecule has 0 saturated carbocycles. The Labute approximate surface area is 97.8 Å². The van der Waals surface area contributed by atoms with Gasteiger partial charge in [-0.25, -0.2) is 4.99 Å². The molecule has 0 bridgehead atoms. The molecule has 0 spiro atoms. The lowest BCUT2D eigenvalue weighted by Gasteiger charge is -2.11. The van der Waals surface area contributed by atoms with Crippen LogP contribution in [0.25, 0.3) is 0 Å². The minimum atomic E-state index is 0.886. The molecule has 0 N–H and O–H groups in total. The summed E-state index contributed by atoms with van der Waals surface area (Å²) in [6, 6.07) is 4.07. The van der Waals surface area contributed by atoms with Crippen LogP contribution < -0.4 is 4.74 Å². The van der Waals surface area contributed by atoms with Gasteiger partial charge in [-0.05, 0) is 31.9 Å². The highest BCUT2D eigenvalue weighted by Crippen LogP contribution is 2.27. The van der Waals surface area contributed by atoms with Crippen molar-refractivity contribution in [1.29, 1.82) is 0 Å². The van der Waals surface area contributed by atoms with Crippen molar-refractivity contribution in [2.75, 3.05) is 20.7 Å². The van der Waals surface area contributed by atoms with Gasteiger partial charge in [-0.3, -0.25) is 0 Å². The molecule has 1 aromatic rings. The van der Waals surface area contributed by atoms with Crippen LogP contribution >= 0.6 is 0 Å². The highest BCUT2D eigenvalue weighted by Gasteiger charge is 2.03. The van der Waals surface area contributed by atoms with Gasteiger partial charge < -0.3 is 9.64 Å². The minimum Gasteiger partial charge on any atom is -0.496 e. The molecule has 88 valence electrons. The summed E-state index contributed by atoms with van der Waals surface area (Å²) in [6.07, 6.45) is 1.84. The SMILES string of the molecule is CCN(C)/C=N/c1cc(OC)c(C)cc1C. The normalized spacial score (nSPS) is 10.8. The molecule has 0 aliphatic rings. The fourth-order valence-electron chi connectivity index (χ4n) is 1.42. The van der Waals surface area contributed by atoms with E-state index in [-0.39, 0.29) is 0 Å². The van der Waals surface area contributed by atoms with Gasteiger partial charge in [0.15, 0.2) is 0 Å². The van der Waals surface area contributed by atoms with Crippen LogP contribution in [0.2, 0.25) is 0 Å². The highest BCUT2D eigenvalue weighted by molar-refractivity contribution is 5.64. The Kier molecular flexibility index (Phi) is 4.35. The molecule has 0 heterocycles. The van der Waals surface area contributed by atoms with Crippen molar-refractivity contribution in [1.82, 2.24) is 4.90 Å². The van der Waals surface area contributed by atoms with E-state index in [0.717, 1.165) is 23.5 Å². The van der Waals surface area contributed by atoms with Gasteiger partial charge in [0, 0.05) is 19.7 Å². The zero-order valence-electron chi connectivity index (χ0n) is 10.7. The quantitative estimate of drug-likeness (QED) is 0.575. The second kappa shape index (κ2) is 5.54. The van der Waals surface area contributed by atoms with Crippen molar-refractivity contribution in [3.63, 3.8) is 0 Å². The van der Waals surface area contributed by atoms with E-state index >= 15 is 0 Å². The Morgan fingerprint density at radius 2 is 2.00 bits per heavy atom. The maximum Gasteiger partial charge on any atom is 0.123 e. The standard InChI is InChI=1S/C13H20N2O/c1-6-15(4)9-14-12-8-13(16-5)11(3)7-10(12)2/h7-9H,6H2,1-5H3/b14-9+. The van der Waals surface area contributed by atoms with E-state index in [1.807, 2.05) is 31.3 Å². The average Bonchev–Trinajstić information content (AvgIpc) is 2.27. The molecule has 0 fully saturated rings. The number of methoxy groups -OCH3 is 1. The molecule has 0 radical (unpaired) electrons. The summed E-state index contributed by atoms with van der Waals surface area (Å²) in [4.78, 5) is 6.48. The predicted octanol–water partition coefficient (Wildman–Crippen LogP) is 2.92. The van der Waals surface area contributed by atoms with Crippen molar-refractivity contribution in [2.24, 2.45) is 4.99 Å². The largest absolute Gasteiger partial charge is 0.496 e. The van der Waals surface area contributed by atoms with Crippen molar-refractivity contribution >= 4 is 12.0 Å². The van der Waals surface area contributed by atoms with Crippen LogP contribution in [0.3, 0.4) is 0 Å². The summed E-state index contributed by atoms with van der Waals surface area (Å²) < 4.78 is 5.29. The van der Waals surface area contributed by atoms with E-state index in [0.29, 0.717) is 0 Å². The third kappa shape index (κ3) is 2.99. The molecule has 3 heteroatoms. The molecule has 3 nitrogen and oxygen atoms in total. The fourth-order valence-corrected chi connectivity index (χ4v) is 1.42. The molecule has 0 aliphatic carbocycles. The summed E-state index contributed by atoms with van der Waals surface area (Å²) in [5.41, 5.74) is 3.27. The number of ether oxygens (including phenoxy) is 1. The summed E-state index contributed by atoms with van der Waals surface area (Å²) in [6.45, 7) is 7.14. The number of nitrogens with zero attached hydrogens (tertiary/aromatic N) is 2. The van der Waals surface area contributed by atoms with Crippen LogP contribution in [0.5, 0.6) is 5.75 Å². The first kappa shape index (κ1) is 12.6. The van der Waals surface area contributed by atoms with Crippen LogP contribution in [0, 0.1) is 13.8 Å². The van der Waals surface area contributed by atoms with Gasteiger partial charge >= 0.3 is 0 Å². The second-order valence-electron chi connectivity index (χ2n) is 3.93. The van der Waals surface area contributed by atoms with E-state index in [1.165, 1.54) is 5.56 Å². The fraction of sp³-hybridized carbons (Fsp3) is 0.462. The van der Waals surface area contributed by atoms with Crippen LogP contribution in [0.1, 0.15) is 18.1 Å². The number of benzene rings is 1. The third-order valence-electron chi connectivity index (χ3n) is 2.61. The van der Waals surface area contributed by atoms with Crippen LogP contribution in [0.15, 0.2) is 17.1 Å². The molecule has 16 heavy (non-hydrogen) atoms. The van der Waals surface area contributed by atoms with Gasteiger partial charge in [-0.1, -0.05) is 6.07 Å². The Morgan fingerprint density at radius 3 is 2.56 bits per heavy atom. The van der Waals surface area contributed by atoms with Crippen LogP contribution in [-0.2, 0) is 0 Å². The topological polar surface area (TPSA) is 24.8 Å². The molecule has 0 unspecified atom stereocenters. The minimum absolute atomic E-state index is 0.886. The molecular formula is C13H20N2O. The van der Waals surface area contributed by atoms with Gasteiger partial charge in [-0.15, -0.1) is 0 Å². The van der Waals surface area contributed by atoms with Crippen molar-refractivity contribution < 1.29 is 4.74 Å². The Morgan fingerprint density at radius 1 is 1.31 bits per heavy atom. The number of rotatable bonds is 4. The van der Waals surface area contributed by atoms with E-state index in [1.54, 1.807) is 7.11 Å². The summed E-state index contributed by atoms with van der Waals surface area (Å²) in [7, 11) is 3.69. The summed E-state index contributed by atoms with van der Waals surface area (Å²) in [5.74, 6) is 0.886. The molecule has 0 atom stereocenters. The van der Waals surface area contributed by atoms with Gasteiger partial charge in [0.1, 0.15) is 5.75 Å². The monoisotopic (exact) mass is 220 g/mol. The zero-order valence-corrected chi connectivity index (χ0v) is 10.7. The third-order valence-corrected chi connectivity index (χ3v) is 2.61. The van der Waals surface area contributed by atoms with E-state index < -0.39 is 0 Å². The summed E-state index contributed by atoms with van der Waals surface area (Å²) in [5, 5.41) is 0. The van der Waals surface area contributed by atoms with Crippen molar-refractivity contribution in [3.8, 4) is 5.75 Å². The first-order valence-corrected chi connectivity index (χ1v) is 5.48. The number of hydrogen-bond acceptors (Lipinski definition) is 2. The number of aryl methyl sites for hydroxylation is 2. The van der Waals surface area contributed by atoms with Crippen molar-refractivity contribution in [2.45, 2.75) is 20.8 Å². The predicted molar refractivity (Wildman–Crippen MR) is 68.9 cm³/mol. The summed E-state index contributed by atoms with van der Waals surface area (Å²) >= 11 is 0. The van der Waals surface area contributed by atoms with Gasteiger partial charge in [0.2, 0.25) is 0 Å². The highest BCUT2D eigenvalue weighted by atomic mass is 16.5. The van der Waals surface area contributed by atoms with Gasteiger partial charge in [-0.2, -0.15) is 0 Å². The molecule has 0 amide bonds. The maximum absolute atomic E-state index is 5.29. The van der Waals surface area contributed by atoms with Crippen LogP contribution in [0.4, 0.5) is 5.69 Å². The lowest BCUT2D eigenvalue weighted by atomic mass is 10.1. The number of aliphatic imine (C=N–C) groups is 1.